The van der Waals surface area contributed by atoms with E-state index in [1.165, 1.54) is 18.6 Å². The molecule has 0 radical (unpaired) electrons. The molecular formula is C22H23F3N4O3. The number of rotatable bonds is 7. The first-order valence-corrected chi connectivity index (χ1v) is 9.72. The van der Waals surface area contributed by atoms with Gasteiger partial charge < -0.3 is 14.8 Å². The number of carboxylic acids is 1. The van der Waals surface area contributed by atoms with E-state index in [-0.39, 0.29) is 18.2 Å². The zero-order valence-electron chi connectivity index (χ0n) is 18.0. The third-order valence-corrected chi connectivity index (χ3v) is 5.20. The molecule has 0 spiro atoms. The Morgan fingerprint density at radius 2 is 1.59 bits per heavy atom. The average Bonchev–Trinajstić information content (AvgIpc) is 3.23. The van der Waals surface area contributed by atoms with Crippen molar-refractivity contribution >= 4 is 5.97 Å². The van der Waals surface area contributed by atoms with E-state index >= 15 is 0 Å². The minimum absolute atomic E-state index is 0.0170. The molecular weight excluding hydrogens is 425 g/mol. The lowest BCUT2D eigenvalue weighted by molar-refractivity contribution is -0.181. The van der Waals surface area contributed by atoms with E-state index in [0.717, 1.165) is 19.4 Å². The number of ether oxygens (including phenoxy) is 1. The first-order valence-electron chi connectivity index (χ1n) is 9.72. The van der Waals surface area contributed by atoms with Gasteiger partial charge in [-0.05, 0) is 27.7 Å². The van der Waals surface area contributed by atoms with Gasteiger partial charge in [0.1, 0.15) is 17.8 Å². The molecule has 0 saturated carbocycles. The van der Waals surface area contributed by atoms with Gasteiger partial charge in [0, 0.05) is 23.0 Å². The number of carboxylic acid groups (broad SMARTS) is 1. The summed E-state index contributed by atoms with van der Waals surface area (Å²) in [5.74, 6) is -0.442. The van der Waals surface area contributed by atoms with Crippen LogP contribution in [0.25, 0.3) is 22.6 Å². The van der Waals surface area contributed by atoms with Gasteiger partial charge in [0.2, 0.25) is 5.88 Å². The van der Waals surface area contributed by atoms with Crippen LogP contribution >= 0.6 is 0 Å². The second-order valence-electron chi connectivity index (χ2n) is 8.56. The molecule has 0 aliphatic heterocycles. The standard InChI is InChI=1S/C22H23F3N4O3/c1-20(2,19(30)31)12-32-17-11-26-15(9-27-17)13-5-7-14(8-6-13)18-28-10-16(29-18)21(3,4)22(23,24)25/h5-11H,12H2,1-4H3,(H,28,29)(H,30,31). The predicted molar refractivity (Wildman–Crippen MR) is 111 cm³/mol. The van der Waals surface area contributed by atoms with Crippen LogP contribution in [0, 0.1) is 5.41 Å². The first-order chi connectivity index (χ1) is 14.8. The second-order valence-corrected chi connectivity index (χ2v) is 8.56. The maximum absolute atomic E-state index is 13.2. The average molecular weight is 448 g/mol. The maximum Gasteiger partial charge on any atom is 0.399 e. The fourth-order valence-electron chi connectivity index (χ4n) is 2.59. The molecule has 0 unspecified atom stereocenters. The van der Waals surface area contributed by atoms with E-state index in [0.29, 0.717) is 17.1 Å². The third kappa shape index (κ3) is 4.74. The van der Waals surface area contributed by atoms with Gasteiger partial charge in [0.15, 0.2) is 0 Å². The molecule has 0 fully saturated rings. The minimum atomic E-state index is -4.40. The van der Waals surface area contributed by atoms with Crippen LogP contribution in [-0.4, -0.2) is 43.8 Å². The number of alkyl halides is 3. The Morgan fingerprint density at radius 3 is 2.12 bits per heavy atom. The van der Waals surface area contributed by atoms with E-state index in [2.05, 4.69) is 19.9 Å². The molecule has 1 aromatic carbocycles. The Balaban J connectivity index is 1.72. The van der Waals surface area contributed by atoms with Gasteiger partial charge in [-0.1, -0.05) is 24.3 Å². The summed E-state index contributed by atoms with van der Waals surface area (Å²) in [6, 6.07) is 6.95. The van der Waals surface area contributed by atoms with Crippen molar-refractivity contribution in [2.24, 2.45) is 5.41 Å². The molecule has 0 saturated heterocycles. The summed E-state index contributed by atoms with van der Waals surface area (Å²) in [6.45, 7) is 5.24. The fourth-order valence-corrected chi connectivity index (χ4v) is 2.59. The van der Waals surface area contributed by atoms with Crippen molar-refractivity contribution in [3.8, 4) is 28.5 Å². The van der Waals surface area contributed by atoms with Crippen LogP contribution in [-0.2, 0) is 10.2 Å². The van der Waals surface area contributed by atoms with Crippen molar-refractivity contribution in [1.82, 2.24) is 19.9 Å². The number of hydrogen-bond donors (Lipinski definition) is 2. The number of benzene rings is 1. The molecule has 3 rings (SSSR count). The molecule has 2 heterocycles. The van der Waals surface area contributed by atoms with Gasteiger partial charge in [-0.25, -0.2) is 15.0 Å². The van der Waals surface area contributed by atoms with Gasteiger partial charge in [-0.15, -0.1) is 0 Å². The Labute approximate surface area is 182 Å². The monoisotopic (exact) mass is 448 g/mol. The summed E-state index contributed by atoms with van der Waals surface area (Å²) < 4.78 is 45.1. The topological polar surface area (TPSA) is 101 Å². The second kappa shape index (κ2) is 8.25. The summed E-state index contributed by atoms with van der Waals surface area (Å²) in [5.41, 5.74) is -1.20. The molecule has 170 valence electrons. The molecule has 2 aromatic heterocycles. The summed E-state index contributed by atoms with van der Waals surface area (Å²) in [5, 5.41) is 9.12. The zero-order chi connectivity index (χ0) is 23.7. The highest BCUT2D eigenvalue weighted by atomic mass is 19.4. The van der Waals surface area contributed by atoms with Crippen LogP contribution in [0.2, 0.25) is 0 Å². The Kier molecular flexibility index (Phi) is 5.99. The van der Waals surface area contributed by atoms with Crippen molar-refractivity contribution in [3.63, 3.8) is 0 Å². The normalized spacial score (nSPS) is 12.6. The highest BCUT2D eigenvalue weighted by molar-refractivity contribution is 5.73. The number of aliphatic carboxylic acids is 1. The summed E-state index contributed by atoms with van der Waals surface area (Å²) in [6.07, 6.45) is -0.306. The van der Waals surface area contributed by atoms with Crippen molar-refractivity contribution in [2.75, 3.05) is 6.61 Å². The Bertz CT molecular complexity index is 1090. The lowest BCUT2D eigenvalue weighted by Crippen LogP contribution is -2.36. The zero-order valence-corrected chi connectivity index (χ0v) is 18.0. The quantitative estimate of drug-likeness (QED) is 0.535. The van der Waals surface area contributed by atoms with Crippen molar-refractivity contribution in [1.29, 1.82) is 0 Å². The lowest BCUT2D eigenvalue weighted by atomic mass is 9.89. The number of H-pyrrole nitrogens is 1. The summed E-state index contributed by atoms with van der Waals surface area (Å²) in [4.78, 5) is 26.4. The van der Waals surface area contributed by atoms with E-state index in [9.17, 15) is 18.0 Å². The smallest absolute Gasteiger partial charge is 0.399 e. The molecule has 0 bridgehead atoms. The van der Waals surface area contributed by atoms with Crippen LogP contribution < -0.4 is 4.74 Å². The van der Waals surface area contributed by atoms with Crippen LogP contribution in [0.3, 0.4) is 0 Å². The van der Waals surface area contributed by atoms with E-state index < -0.39 is 23.0 Å². The largest absolute Gasteiger partial charge is 0.481 e. The highest BCUT2D eigenvalue weighted by Gasteiger charge is 2.49. The van der Waals surface area contributed by atoms with E-state index in [1.807, 2.05) is 0 Å². The number of nitrogens with zero attached hydrogens (tertiary/aromatic N) is 3. The van der Waals surface area contributed by atoms with Gasteiger partial charge in [-0.3, -0.25) is 4.79 Å². The lowest BCUT2D eigenvalue weighted by Gasteiger charge is -2.26. The van der Waals surface area contributed by atoms with Crippen LogP contribution in [0.4, 0.5) is 13.2 Å². The number of hydrogen-bond acceptors (Lipinski definition) is 5. The molecule has 0 aliphatic rings. The summed E-state index contributed by atoms with van der Waals surface area (Å²) >= 11 is 0. The first kappa shape index (κ1) is 23.2. The number of nitrogens with one attached hydrogen (secondary N) is 1. The van der Waals surface area contributed by atoms with Crippen LogP contribution in [0.15, 0.2) is 42.9 Å². The molecule has 2 N–H and O–H groups in total. The Hall–Kier alpha value is -3.43. The summed E-state index contributed by atoms with van der Waals surface area (Å²) in [7, 11) is 0. The molecule has 0 aliphatic carbocycles. The van der Waals surface area contributed by atoms with Crippen LogP contribution in [0.5, 0.6) is 5.88 Å². The van der Waals surface area contributed by atoms with Crippen molar-refractivity contribution in [3.05, 3.63) is 48.5 Å². The number of imidazole rings is 1. The Morgan fingerprint density at radius 1 is 0.969 bits per heavy atom. The number of aromatic amines is 1. The number of aromatic nitrogens is 4. The molecule has 3 aromatic rings. The van der Waals surface area contributed by atoms with Gasteiger partial charge >= 0.3 is 12.1 Å². The number of carbonyl (C=O) groups is 1. The number of halogens is 3. The minimum Gasteiger partial charge on any atom is -0.481 e. The van der Waals surface area contributed by atoms with Crippen LogP contribution in [0.1, 0.15) is 33.4 Å². The maximum atomic E-state index is 13.2. The predicted octanol–water partition coefficient (Wildman–Crippen LogP) is 4.86. The van der Waals surface area contributed by atoms with Gasteiger partial charge in [-0.2, -0.15) is 13.2 Å². The highest BCUT2D eigenvalue weighted by Crippen LogP contribution is 2.40. The van der Waals surface area contributed by atoms with E-state index in [1.54, 1.807) is 38.1 Å². The molecule has 7 nitrogen and oxygen atoms in total. The molecule has 32 heavy (non-hydrogen) atoms. The van der Waals surface area contributed by atoms with Crippen molar-refractivity contribution in [2.45, 2.75) is 39.3 Å². The molecule has 0 amide bonds. The SMILES string of the molecule is CC(C)(COc1cnc(-c2ccc(-c3ncc(C(C)(C)C(F)(F)F)[nH]3)cc2)cn1)C(=O)O. The third-order valence-electron chi connectivity index (χ3n) is 5.20. The van der Waals surface area contributed by atoms with Gasteiger partial charge in [0.25, 0.3) is 0 Å². The molecule has 10 heteroatoms. The van der Waals surface area contributed by atoms with Gasteiger partial charge in [0.05, 0.1) is 23.5 Å². The van der Waals surface area contributed by atoms with E-state index in [4.69, 9.17) is 9.84 Å². The molecule has 0 atom stereocenters. The van der Waals surface area contributed by atoms with Crippen molar-refractivity contribution < 1.29 is 27.8 Å². The fraction of sp³-hybridized carbons (Fsp3) is 0.364.